The highest BCUT2D eigenvalue weighted by Gasteiger charge is 2.13. The molecule has 18 heavy (non-hydrogen) atoms. The van der Waals surface area contributed by atoms with Gasteiger partial charge in [-0.25, -0.2) is 0 Å². The quantitative estimate of drug-likeness (QED) is 0.787. The molecule has 2 heterocycles. The Bertz CT molecular complexity index is 539. The number of halogens is 1. The second-order valence-electron chi connectivity index (χ2n) is 3.36. The number of rotatable bonds is 4. The van der Waals surface area contributed by atoms with Gasteiger partial charge in [0.05, 0.1) is 11.6 Å². The first-order chi connectivity index (χ1) is 8.69. The summed E-state index contributed by atoms with van der Waals surface area (Å²) in [5.74, 6) is 0.0999. The van der Waals surface area contributed by atoms with E-state index < -0.39 is 5.97 Å². The third kappa shape index (κ3) is 3.04. The van der Waals surface area contributed by atoms with E-state index in [-0.39, 0.29) is 12.3 Å². The van der Waals surface area contributed by atoms with Crippen LogP contribution in [0.4, 0.5) is 0 Å². The second kappa shape index (κ2) is 5.59. The Morgan fingerprint density at radius 1 is 1.50 bits per heavy atom. The van der Waals surface area contributed by atoms with Gasteiger partial charge in [-0.15, -0.1) is 0 Å². The number of ether oxygens (including phenoxy) is 1. The zero-order chi connectivity index (χ0) is 13.0. The fourth-order valence-electron chi connectivity index (χ4n) is 1.27. The number of carbonyl (C=O) groups excluding carboxylic acids is 1. The highest BCUT2D eigenvalue weighted by molar-refractivity contribution is 6.30. The Morgan fingerprint density at radius 3 is 3.00 bits per heavy atom. The summed E-state index contributed by atoms with van der Waals surface area (Å²) < 4.78 is 9.71. The topological polar surface area (TPSA) is 78.1 Å². The normalized spacial score (nSPS) is 10.3. The van der Waals surface area contributed by atoms with Crippen molar-refractivity contribution in [2.75, 3.05) is 6.61 Å². The van der Waals surface area contributed by atoms with E-state index in [1.165, 1.54) is 6.20 Å². The molecule has 0 aliphatic heterocycles. The average molecular weight is 268 g/mol. The zero-order valence-corrected chi connectivity index (χ0v) is 10.3. The van der Waals surface area contributed by atoms with Gasteiger partial charge in [0.25, 0.3) is 0 Å². The first kappa shape index (κ1) is 12.5. The molecule has 0 spiro atoms. The second-order valence-corrected chi connectivity index (χ2v) is 3.79. The van der Waals surface area contributed by atoms with Crippen LogP contribution in [0.5, 0.6) is 0 Å². The minimum absolute atomic E-state index is 0.0472. The summed E-state index contributed by atoms with van der Waals surface area (Å²) in [6, 6.07) is 3.34. The van der Waals surface area contributed by atoms with Gasteiger partial charge in [0.2, 0.25) is 11.7 Å². The molecule has 6 nitrogen and oxygen atoms in total. The van der Waals surface area contributed by atoms with Gasteiger partial charge in [-0.05, 0) is 19.1 Å². The molecular formula is C11H10ClN3O3. The van der Waals surface area contributed by atoms with Crippen molar-refractivity contribution in [3.63, 3.8) is 0 Å². The lowest BCUT2D eigenvalue weighted by Gasteiger charge is -1.96. The zero-order valence-electron chi connectivity index (χ0n) is 9.59. The van der Waals surface area contributed by atoms with E-state index in [4.69, 9.17) is 20.9 Å². The van der Waals surface area contributed by atoms with Crippen LogP contribution in [0, 0.1) is 0 Å². The van der Waals surface area contributed by atoms with Crippen molar-refractivity contribution in [2.24, 2.45) is 0 Å². The molecule has 94 valence electrons. The fourth-order valence-corrected chi connectivity index (χ4v) is 1.39. The lowest BCUT2D eigenvalue weighted by molar-refractivity contribution is -0.142. The molecular weight excluding hydrogens is 258 g/mol. The van der Waals surface area contributed by atoms with Crippen molar-refractivity contribution >= 4 is 17.6 Å². The summed E-state index contributed by atoms with van der Waals surface area (Å²) >= 11 is 5.72. The predicted octanol–water partition coefficient (Wildman–Crippen LogP) is 1.89. The summed E-state index contributed by atoms with van der Waals surface area (Å²) in [6.07, 6.45) is 1.44. The largest absolute Gasteiger partial charge is 0.466 e. The number of nitrogens with zero attached hydrogens (tertiary/aromatic N) is 3. The summed E-state index contributed by atoms with van der Waals surface area (Å²) in [4.78, 5) is 19.3. The Balaban J connectivity index is 2.10. The molecule has 2 rings (SSSR count). The minimum Gasteiger partial charge on any atom is -0.466 e. The maximum absolute atomic E-state index is 11.2. The molecule has 0 fully saturated rings. The molecule has 7 heteroatoms. The van der Waals surface area contributed by atoms with Crippen molar-refractivity contribution in [1.29, 1.82) is 0 Å². The third-order valence-corrected chi connectivity index (χ3v) is 2.25. The van der Waals surface area contributed by atoms with E-state index in [9.17, 15) is 4.79 Å². The Labute approximate surface area is 108 Å². The van der Waals surface area contributed by atoms with Gasteiger partial charge in [0, 0.05) is 6.20 Å². The molecule has 0 aromatic carbocycles. The number of aromatic nitrogens is 3. The molecule has 0 amide bonds. The summed E-state index contributed by atoms with van der Waals surface area (Å²) in [5.41, 5.74) is 0.526. The van der Waals surface area contributed by atoms with Gasteiger partial charge < -0.3 is 9.26 Å². The van der Waals surface area contributed by atoms with Crippen LogP contribution in [0.15, 0.2) is 22.9 Å². The van der Waals surface area contributed by atoms with Gasteiger partial charge in [-0.2, -0.15) is 4.98 Å². The van der Waals surface area contributed by atoms with Gasteiger partial charge in [-0.1, -0.05) is 16.8 Å². The molecule has 0 radical (unpaired) electrons. The molecule has 2 aromatic rings. The van der Waals surface area contributed by atoms with Crippen molar-refractivity contribution < 1.29 is 14.1 Å². The van der Waals surface area contributed by atoms with Crippen molar-refractivity contribution in [1.82, 2.24) is 15.1 Å². The number of hydrogen-bond acceptors (Lipinski definition) is 6. The van der Waals surface area contributed by atoms with Gasteiger partial charge in [-0.3, -0.25) is 9.78 Å². The molecule has 2 aromatic heterocycles. The molecule has 0 N–H and O–H groups in total. The van der Waals surface area contributed by atoms with Gasteiger partial charge in [0.15, 0.2) is 0 Å². The average Bonchev–Trinajstić information content (AvgIpc) is 2.78. The predicted molar refractivity (Wildman–Crippen MR) is 62.9 cm³/mol. The van der Waals surface area contributed by atoms with Crippen LogP contribution in [0.25, 0.3) is 11.5 Å². The SMILES string of the molecule is CCOC(=O)Cc1nc(-c2ccc(Cl)cn2)no1. The van der Waals surface area contributed by atoms with E-state index in [2.05, 4.69) is 15.1 Å². The van der Waals surface area contributed by atoms with E-state index in [0.29, 0.717) is 23.1 Å². The first-order valence-electron chi connectivity index (χ1n) is 5.29. The van der Waals surface area contributed by atoms with Crippen LogP contribution in [-0.2, 0) is 16.0 Å². The van der Waals surface area contributed by atoms with E-state index in [1.54, 1.807) is 19.1 Å². The highest BCUT2D eigenvalue weighted by atomic mass is 35.5. The van der Waals surface area contributed by atoms with Gasteiger partial charge in [0.1, 0.15) is 12.1 Å². The van der Waals surface area contributed by atoms with Crippen LogP contribution >= 0.6 is 11.6 Å². The monoisotopic (exact) mass is 267 g/mol. The van der Waals surface area contributed by atoms with Crippen molar-refractivity contribution in [3.05, 3.63) is 29.2 Å². The van der Waals surface area contributed by atoms with Crippen LogP contribution in [-0.4, -0.2) is 27.7 Å². The maximum atomic E-state index is 11.2. The minimum atomic E-state index is -0.406. The first-order valence-corrected chi connectivity index (χ1v) is 5.67. The molecule has 0 unspecified atom stereocenters. The van der Waals surface area contributed by atoms with E-state index in [1.807, 2.05) is 0 Å². The van der Waals surface area contributed by atoms with Crippen LogP contribution < -0.4 is 0 Å². The summed E-state index contributed by atoms with van der Waals surface area (Å²) in [7, 11) is 0. The van der Waals surface area contributed by atoms with Crippen LogP contribution in [0.2, 0.25) is 5.02 Å². The standard InChI is InChI=1S/C11H10ClN3O3/c1-2-17-10(16)5-9-14-11(15-18-9)8-4-3-7(12)6-13-8/h3-4,6H,2,5H2,1H3. The number of hydrogen-bond donors (Lipinski definition) is 0. The molecule has 0 aliphatic carbocycles. The Hall–Kier alpha value is -1.95. The number of carbonyl (C=O) groups is 1. The van der Waals surface area contributed by atoms with E-state index >= 15 is 0 Å². The highest BCUT2D eigenvalue weighted by Crippen LogP contribution is 2.15. The summed E-state index contributed by atoms with van der Waals surface area (Å²) in [5, 5.41) is 4.25. The smallest absolute Gasteiger partial charge is 0.315 e. The molecule has 0 aliphatic rings. The van der Waals surface area contributed by atoms with Gasteiger partial charge >= 0.3 is 5.97 Å². The van der Waals surface area contributed by atoms with Crippen molar-refractivity contribution in [3.8, 4) is 11.5 Å². The summed E-state index contributed by atoms with van der Waals surface area (Å²) in [6.45, 7) is 2.05. The third-order valence-electron chi connectivity index (χ3n) is 2.03. The Morgan fingerprint density at radius 2 is 2.33 bits per heavy atom. The van der Waals surface area contributed by atoms with Crippen molar-refractivity contribution in [2.45, 2.75) is 13.3 Å². The molecule has 0 saturated heterocycles. The molecule has 0 bridgehead atoms. The van der Waals surface area contributed by atoms with Crippen LogP contribution in [0.3, 0.4) is 0 Å². The lowest BCUT2D eigenvalue weighted by atomic mass is 10.3. The molecule has 0 atom stereocenters. The van der Waals surface area contributed by atoms with E-state index in [0.717, 1.165) is 0 Å². The number of esters is 1. The maximum Gasteiger partial charge on any atom is 0.315 e. The lowest BCUT2D eigenvalue weighted by Crippen LogP contribution is -2.07. The van der Waals surface area contributed by atoms with Crippen LogP contribution in [0.1, 0.15) is 12.8 Å². The number of pyridine rings is 1. The Kier molecular flexibility index (Phi) is 3.88. The fraction of sp³-hybridized carbons (Fsp3) is 0.273. The molecule has 0 saturated carbocycles.